The second-order valence-corrected chi connectivity index (χ2v) is 6.09. The number of hydrogen-bond acceptors (Lipinski definition) is 4. The number of ether oxygens (including phenoxy) is 1. The van der Waals surface area contributed by atoms with Crippen molar-refractivity contribution >= 4 is 17.0 Å². The molecule has 0 unspecified atom stereocenters. The Labute approximate surface area is 124 Å². The average Bonchev–Trinajstić information content (AvgIpc) is 2.77. The minimum Gasteiger partial charge on any atom is -0.489 e. The first-order chi connectivity index (χ1) is 10.1. The first-order valence-corrected chi connectivity index (χ1v) is 7.67. The highest BCUT2D eigenvalue weighted by Gasteiger charge is 2.24. The first kappa shape index (κ1) is 14.2. The zero-order valence-corrected chi connectivity index (χ0v) is 12.6. The monoisotopic (exact) mass is 289 g/mol. The van der Waals surface area contributed by atoms with Gasteiger partial charge in [-0.1, -0.05) is 6.07 Å². The highest BCUT2D eigenvalue weighted by molar-refractivity contribution is 5.84. The number of aliphatic hydroxyl groups excluding tert-OH is 1. The molecule has 114 valence electrons. The van der Waals surface area contributed by atoms with Gasteiger partial charge in [0, 0.05) is 6.04 Å². The minimum atomic E-state index is -0.169. The molecule has 1 heterocycles. The standard InChI is InChI=1S/C16H23N3O2/c1-10(2)21-14-5-3-4-13-15(14)18-16(17)19(13)11-6-8-12(20)9-7-11/h3-5,10-12,20H,6-9H2,1-2H3,(H2,17,18). The summed E-state index contributed by atoms with van der Waals surface area (Å²) in [6, 6.07) is 6.27. The Morgan fingerprint density at radius 2 is 2.00 bits per heavy atom. The maximum atomic E-state index is 9.67. The summed E-state index contributed by atoms with van der Waals surface area (Å²) < 4.78 is 7.93. The molecule has 3 N–H and O–H groups in total. The van der Waals surface area contributed by atoms with Gasteiger partial charge in [-0.2, -0.15) is 0 Å². The predicted molar refractivity (Wildman–Crippen MR) is 83.4 cm³/mol. The number of imidazole rings is 1. The number of aliphatic hydroxyl groups is 1. The van der Waals surface area contributed by atoms with Crippen molar-refractivity contribution in [3.05, 3.63) is 18.2 Å². The maximum Gasteiger partial charge on any atom is 0.201 e. The first-order valence-electron chi connectivity index (χ1n) is 7.67. The number of nitrogens with zero attached hydrogens (tertiary/aromatic N) is 2. The van der Waals surface area contributed by atoms with E-state index in [1.807, 2.05) is 32.0 Å². The molecule has 1 aromatic carbocycles. The van der Waals surface area contributed by atoms with Crippen LogP contribution in [0.25, 0.3) is 11.0 Å². The molecule has 5 heteroatoms. The molecule has 0 amide bonds. The Balaban J connectivity index is 2.01. The van der Waals surface area contributed by atoms with Crippen LogP contribution in [0.5, 0.6) is 5.75 Å². The highest BCUT2D eigenvalue weighted by Crippen LogP contribution is 2.36. The van der Waals surface area contributed by atoms with Gasteiger partial charge < -0.3 is 20.1 Å². The van der Waals surface area contributed by atoms with Gasteiger partial charge >= 0.3 is 0 Å². The molecule has 1 aliphatic rings. The fraction of sp³-hybridized carbons (Fsp3) is 0.562. The summed E-state index contributed by atoms with van der Waals surface area (Å²) in [5.41, 5.74) is 8.00. The van der Waals surface area contributed by atoms with Crippen LogP contribution in [0.4, 0.5) is 5.95 Å². The van der Waals surface area contributed by atoms with Crippen molar-refractivity contribution in [1.82, 2.24) is 9.55 Å². The summed E-state index contributed by atoms with van der Waals surface area (Å²) in [6.07, 6.45) is 3.46. The van der Waals surface area contributed by atoms with E-state index < -0.39 is 0 Å². The predicted octanol–water partition coefficient (Wildman–Crippen LogP) is 2.88. The molecule has 1 fully saturated rings. The maximum absolute atomic E-state index is 9.67. The summed E-state index contributed by atoms with van der Waals surface area (Å²) >= 11 is 0. The van der Waals surface area contributed by atoms with Crippen LogP contribution in [0.15, 0.2) is 18.2 Å². The normalized spacial score (nSPS) is 22.9. The molecule has 1 aliphatic carbocycles. The van der Waals surface area contributed by atoms with Crippen LogP contribution in [0.2, 0.25) is 0 Å². The lowest BCUT2D eigenvalue weighted by Gasteiger charge is -2.27. The molecule has 21 heavy (non-hydrogen) atoms. The van der Waals surface area contributed by atoms with Crippen molar-refractivity contribution in [2.75, 3.05) is 5.73 Å². The van der Waals surface area contributed by atoms with Crippen molar-refractivity contribution in [3.8, 4) is 5.75 Å². The Hall–Kier alpha value is -1.75. The van der Waals surface area contributed by atoms with Gasteiger partial charge in [0.15, 0.2) is 0 Å². The van der Waals surface area contributed by atoms with Crippen LogP contribution in [0.3, 0.4) is 0 Å². The van der Waals surface area contributed by atoms with Gasteiger partial charge in [0.25, 0.3) is 0 Å². The lowest BCUT2D eigenvalue weighted by Crippen LogP contribution is -2.22. The number of hydrogen-bond donors (Lipinski definition) is 2. The summed E-state index contributed by atoms with van der Waals surface area (Å²) in [5.74, 6) is 1.31. The van der Waals surface area contributed by atoms with Gasteiger partial charge in [0.2, 0.25) is 5.95 Å². The summed E-state index contributed by atoms with van der Waals surface area (Å²) in [4.78, 5) is 4.51. The molecule has 1 saturated carbocycles. The van der Waals surface area contributed by atoms with Gasteiger partial charge in [-0.15, -0.1) is 0 Å². The fourth-order valence-electron chi connectivity index (χ4n) is 3.16. The minimum absolute atomic E-state index is 0.104. The highest BCUT2D eigenvalue weighted by atomic mass is 16.5. The van der Waals surface area contributed by atoms with Gasteiger partial charge in [-0.05, 0) is 51.7 Å². The quantitative estimate of drug-likeness (QED) is 0.911. The third-order valence-corrected chi connectivity index (χ3v) is 4.10. The number of benzene rings is 1. The molecule has 3 rings (SSSR count). The van der Waals surface area contributed by atoms with E-state index >= 15 is 0 Å². The van der Waals surface area contributed by atoms with Crippen molar-refractivity contribution < 1.29 is 9.84 Å². The molecule has 1 aromatic heterocycles. The number of nitrogens with two attached hydrogens (primary N) is 1. The summed E-state index contributed by atoms with van der Waals surface area (Å²) in [6.45, 7) is 4.00. The van der Waals surface area contributed by atoms with E-state index in [9.17, 15) is 5.11 Å². The third-order valence-electron chi connectivity index (χ3n) is 4.10. The second kappa shape index (κ2) is 5.56. The van der Waals surface area contributed by atoms with Crippen molar-refractivity contribution in [1.29, 1.82) is 0 Å². The SMILES string of the molecule is CC(C)Oc1cccc2c1nc(N)n2C1CCC(O)CC1. The van der Waals surface area contributed by atoms with E-state index in [1.165, 1.54) is 0 Å². The molecule has 0 bridgehead atoms. The number of para-hydroxylation sites is 1. The zero-order chi connectivity index (χ0) is 15.0. The molecule has 0 spiro atoms. The molecule has 0 aliphatic heterocycles. The van der Waals surface area contributed by atoms with Crippen LogP contribution in [-0.2, 0) is 0 Å². The zero-order valence-electron chi connectivity index (χ0n) is 12.6. The Kier molecular flexibility index (Phi) is 3.76. The van der Waals surface area contributed by atoms with E-state index in [0.717, 1.165) is 42.5 Å². The number of rotatable bonds is 3. The van der Waals surface area contributed by atoms with Gasteiger partial charge in [-0.25, -0.2) is 4.98 Å². The molecule has 0 radical (unpaired) electrons. The van der Waals surface area contributed by atoms with E-state index in [2.05, 4.69) is 9.55 Å². The van der Waals surface area contributed by atoms with Gasteiger partial charge in [-0.3, -0.25) is 0 Å². The second-order valence-electron chi connectivity index (χ2n) is 6.09. The number of anilines is 1. The molecule has 0 saturated heterocycles. The number of aromatic nitrogens is 2. The third kappa shape index (κ3) is 2.70. The van der Waals surface area contributed by atoms with E-state index in [1.54, 1.807) is 0 Å². The van der Waals surface area contributed by atoms with Crippen LogP contribution in [0, 0.1) is 0 Å². The lowest BCUT2D eigenvalue weighted by molar-refractivity contribution is 0.112. The lowest BCUT2D eigenvalue weighted by atomic mass is 9.93. The topological polar surface area (TPSA) is 73.3 Å². The number of nitrogen functional groups attached to an aromatic ring is 1. The van der Waals surface area contributed by atoms with Crippen molar-refractivity contribution in [2.24, 2.45) is 0 Å². The van der Waals surface area contributed by atoms with Crippen molar-refractivity contribution in [3.63, 3.8) is 0 Å². The van der Waals surface area contributed by atoms with Crippen molar-refractivity contribution in [2.45, 2.75) is 57.8 Å². The van der Waals surface area contributed by atoms with E-state index in [0.29, 0.717) is 12.0 Å². The van der Waals surface area contributed by atoms with Gasteiger partial charge in [0.05, 0.1) is 17.7 Å². The smallest absolute Gasteiger partial charge is 0.201 e. The van der Waals surface area contributed by atoms with E-state index in [-0.39, 0.29) is 12.2 Å². The van der Waals surface area contributed by atoms with Crippen LogP contribution < -0.4 is 10.5 Å². The summed E-state index contributed by atoms with van der Waals surface area (Å²) in [5, 5.41) is 9.67. The summed E-state index contributed by atoms with van der Waals surface area (Å²) in [7, 11) is 0. The molecule has 5 nitrogen and oxygen atoms in total. The Morgan fingerprint density at radius 3 is 2.67 bits per heavy atom. The molecule has 2 aromatic rings. The van der Waals surface area contributed by atoms with Crippen LogP contribution >= 0.6 is 0 Å². The van der Waals surface area contributed by atoms with Gasteiger partial charge in [0.1, 0.15) is 11.3 Å². The fourth-order valence-corrected chi connectivity index (χ4v) is 3.16. The molecular weight excluding hydrogens is 266 g/mol. The largest absolute Gasteiger partial charge is 0.489 e. The van der Waals surface area contributed by atoms with E-state index in [4.69, 9.17) is 10.5 Å². The average molecular weight is 289 g/mol. The number of fused-ring (bicyclic) bond motifs is 1. The van der Waals surface area contributed by atoms with Crippen LogP contribution in [-0.4, -0.2) is 26.9 Å². The molecular formula is C16H23N3O2. The van der Waals surface area contributed by atoms with Crippen LogP contribution in [0.1, 0.15) is 45.6 Å². The Morgan fingerprint density at radius 1 is 1.29 bits per heavy atom. The molecule has 0 atom stereocenters. The Bertz CT molecular complexity index is 628.